The number of halogens is 2. The van der Waals surface area contributed by atoms with Gasteiger partial charge in [-0.3, -0.25) is 4.72 Å². The SMILES string of the molecule is Cc1cc(S(=O)(=O)Nc2ccc(-c3nn(C4CCCC4)c4ncnc(N)c34)cc2F)c(C)cc1Cl. The molecule has 1 aliphatic rings. The highest BCUT2D eigenvalue weighted by Crippen LogP contribution is 2.37. The zero-order valence-corrected chi connectivity index (χ0v) is 20.8. The molecule has 2 aromatic carbocycles. The highest BCUT2D eigenvalue weighted by Gasteiger charge is 2.25. The number of rotatable bonds is 5. The molecule has 1 saturated carbocycles. The van der Waals surface area contributed by atoms with Crippen LogP contribution in [0.25, 0.3) is 22.3 Å². The van der Waals surface area contributed by atoms with Gasteiger partial charge in [0.1, 0.15) is 23.7 Å². The Morgan fingerprint density at radius 3 is 2.57 bits per heavy atom. The fourth-order valence-electron chi connectivity index (χ4n) is 4.59. The quantitative estimate of drug-likeness (QED) is 0.368. The number of hydrogen-bond donors (Lipinski definition) is 2. The molecule has 0 saturated heterocycles. The van der Waals surface area contributed by atoms with E-state index in [0.717, 1.165) is 25.7 Å². The summed E-state index contributed by atoms with van der Waals surface area (Å²) in [4.78, 5) is 8.52. The average Bonchev–Trinajstić information content (AvgIpc) is 3.46. The minimum absolute atomic E-state index is 0.0362. The number of nitrogen functional groups attached to an aromatic ring is 1. The van der Waals surface area contributed by atoms with E-state index in [1.165, 1.54) is 24.5 Å². The van der Waals surface area contributed by atoms with Crippen LogP contribution in [-0.2, 0) is 10.0 Å². The molecule has 4 aromatic rings. The van der Waals surface area contributed by atoms with Gasteiger partial charge in [0, 0.05) is 10.6 Å². The van der Waals surface area contributed by atoms with Gasteiger partial charge in [-0.15, -0.1) is 0 Å². The van der Waals surface area contributed by atoms with Crippen molar-refractivity contribution < 1.29 is 12.8 Å². The molecule has 1 aliphatic carbocycles. The number of aromatic nitrogens is 4. The van der Waals surface area contributed by atoms with Crippen molar-refractivity contribution in [2.45, 2.75) is 50.5 Å². The lowest BCUT2D eigenvalue weighted by Crippen LogP contribution is -2.15. The summed E-state index contributed by atoms with van der Waals surface area (Å²) in [6.45, 7) is 3.35. The van der Waals surface area contributed by atoms with Crippen LogP contribution >= 0.6 is 11.6 Å². The van der Waals surface area contributed by atoms with E-state index in [0.29, 0.717) is 38.4 Å². The summed E-state index contributed by atoms with van der Waals surface area (Å²) in [5.41, 5.74) is 8.58. The predicted octanol–water partition coefficient (Wildman–Crippen LogP) is 5.40. The minimum atomic E-state index is -4.04. The maximum atomic E-state index is 15.2. The maximum absolute atomic E-state index is 15.2. The molecule has 1 fully saturated rings. The summed E-state index contributed by atoms with van der Waals surface area (Å²) >= 11 is 6.09. The Bertz CT molecular complexity index is 1560. The molecule has 0 aliphatic heterocycles. The van der Waals surface area contributed by atoms with Gasteiger partial charge in [-0.1, -0.05) is 30.5 Å². The van der Waals surface area contributed by atoms with Crippen molar-refractivity contribution in [1.82, 2.24) is 19.7 Å². The summed E-state index contributed by atoms with van der Waals surface area (Å²) < 4.78 is 45.4. The fraction of sp³-hybridized carbons (Fsp3) is 0.292. The van der Waals surface area contributed by atoms with E-state index in [9.17, 15) is 8.42 Å². The second-order valence-corrected chi connectivity index (χ2v) is 10.9. The van der Waals surface area contributed by atoms with E-state index in [-0.39, 0.29) is 22.4 Å². The molecule has 2 aromatic heterocycles. The standard InChI is InChI=1S/C24H24ClFN6O2S/c1-13-10-20(14(2)9-17(13)25)35(33,34)31-19-8-7-15(11-18(19)26)22-21-23(27)28-12-29-24(21)32(30-22)16-5-3-4-6-16/h7-12,16,31H,3-6H2,1-2H3,(H2,27,28,29). The molecule has 5 rings (SSSR count). The largest absolute Gasteiger partial charge is 0.383 e. The Morgan fingerprint density at radius 2 is 1.86 bits per heavy atom. The molecule has 3 N–H and O–H groups in total. The Labute approximate surface area is 207 Å². The van der Waals surface area contributed by atoms with Crippen molar-refractivity contribution in [3.8, 4) is 11.3 Å². The van der Waals surface area contributed by atoms with E-state index < -0.39 is 15.8 Å². The van der Waals surface area contributed by atoms with Gasteiger partial charge in [-0.25, -0.2) is 27.5 Å². The van der Waals surface area contributed by atoms with Gasteiger partial charge in [0.25, 0.3) is 10.0 Å². The van der Waals surface area contributed by atoms with Crippen LogP contribution in [0.3, 0.4) is 0 Å². The number of fused-ring (bicyclic) bond motifs is 1. The van der Waals surface area contributed by atoms with Crippen molar-refractivity contribution >= 4 is 44.2 Å². The predicted molar refractivity (Wildman–Crippen MR) is 134 cm³/mol. The highest BCUT2D eigenvalue weighted by atomic mass is 35.5. The van der Waals surface area contributed by atoms with E-state index in [2.05, 4.69) is 14.7 Å². The Kier molecular flexibility index (Phi) is 5.88. The molecular formula is C24H24ClFN6O2S. The number of benzene rings is 2. The molecule has 182 valence electrons. The number of aryl methyl sites for hydroxylation is 2. The van der Waals surface area contributed by atoms with E-state index in [1.807, 2.05) is 4.68 Å². The second-order valence-electron chi connectivity index (χ2n) is 8.86. The number of sulfonamides is 1. The maximum Gasteiger partial charge on any atom is 0.262 e. The topological polar surface area (TPSA) is 116 Å². The molecule has 0 atom stereocenters. The zero-order valence-electron chi connectivity index (χ0n) is 19.2. The molecule has 8 nitrogen and oxygen atoms in total. The van der Waals surface area contributed by atoms with Gasteiger partial charge in [-0.2, -0.15) is 5.10 Å². The Morgan fingerprint density at radius 1 is 1.11 bits per heavy atom. The summed E-state index contributed by atoms with van der Waals surface area (Å²) in [6, 6.07) is 7.46. The van der Waals surface area contributed by atoms with Crippen LogP contribution in [0.5, 0.6) is 0 Å². The lowest BCUT2D eigenvalue weighted by Gasteiger charge is -2.13. The van der Waals surface area contributed by atoms with Crippen LogP contribution in [0.15, 0.2) is 41.6 Å². The van der Waals surface area contributed by atoms with Gasteiger partial charge in [0.15, 0.2) is 5.65 Å². The van der Waals surface area contributed by atoms with Gasteiger partial charge in [-0.05, 0) is 62.1 Å². The molecule has 0 spiro atoms. The first kappa shape index (κ1) is 23.5. The lowest BCUT2D eigenvalue weighted by atomic mass is 10.1. The van der Waals surface area contributed by atoms with Crippen molar-refractivity contribution in [1.29, 1.82) is 0 Å². The molecule has 0 bridgehead atoms. The Hall–Kier alpha value is -3.24. The number of nitrogens with zero attached hydrogens (tertiary/aromatic N) is 4. The molecule has 2 heterocycles. The lowest BCUT2D eigenvalue weighted by molar-refractivity contribution is 0.479. The number of nitrogens with one attached hydrogen (secondary N) is 1. The van der Waals surface area contributed by atoms with Crippen LogP contribution in [0.2, 0.25) is 5.02 Å². The van der Waals surface area contributed by atoms with E-state index >= 15 is 4.39 Å². The van der Waals surface area contributed by atoms with Crippen LogP contribution in [0, 0.1) is 19.7 Å². The second kappa shape index (κ2) is 8.76. The van der Waals surface area contributed by atoms with E-state index in [1.54, 1.807) is 26.0 Å². The van der Waals surface area contributed by atoms with E-state index in [4.69, 9.17) is 22.4 Å². The van der Waals surface area contributed by atoms with Gasteiger partial charge >= 0.3 is 0 Å². The average molecular weight is 515 g/mol. The smallest absolute Gasteiger partial charge is 0.262 e. The molecular weight excluding hydrogens is 491 g/mol. The molecule has 0 unspecified atom stereocenters. The number of nitrogens with two attached hydrogens (primary N) is 1. The molecule has 0 amide bonds. The summed E-state index contributed by atoms with van der Waals surface area (Å²) in [7, 11) is -4.04. The van der Waals surface area contributed by atoms with Crippen LogP contribution in [-0.4, -0.2) is 28.2 Å². The fourth-order valence-corrected chi connectivity index (χ4v) is 6.19. The monoisotopic (exact) mass is 514 g/mol. The summed E-state index contributed by atoms with van der Waals surface area (Å²) in [5.74, 6) is -0.485. The van der Waals surface area contributed by atoms with Gasteiger partial charge in [0.2, 0.25) is 0 Å². The van der Waals surface area contributed by atoms with Crippen molar-refractivity contribution in [2.75, 3.05) is 10.5 Å². The van der Waals surface area contributed by atoms with Gasteiger partial charge in [0.05, 0.1) is 22.0 Å². The first-order chi connectivity index (χ1) is 16.7. The van der Waals surface area contributed by atoms with Crippen molar-refractivity contribution in [3.05, 3.63) is 58.6 Å². The zero-order chi connectivity index (χ0) is 24.9. The summed E-state index contributed by atoms with van der Waals surface area (Å²) in [6.07, 6.45) is 5.58. The van der Waals surface area contributed by atoms with Crippen LogP contribution in [0.1, 0.15) is 42.9 Å². The van der Waals surface area contributed by atoms with Crippen LogP contribution < -0.4 is 10.5 Å². The first-order valence-corrected chi connectivity index (χ1v) is 13.1. The summed E-state index contributed by atoms with van der Waals surface area (Å²) in [5, 5.41) is 5.76. The molecule has 11 heteroatoms. The highest BCUT2D eigenvalue weighted by molar-refractivity contribution is 7.92. The Balaban J connectivity index is 1.53. The molecule has 35 heavy (non-hydrogen) atoms. The number of hydrogen-bond acceptors (Lipinski definition) is 6. The van der Waals surface area contributed by atoms with Crippen LogP contribution in [0.4, 0.5) is 15.9 Å². The third-order valence-corrected chi connectivity index (χ3v) is 8.34. The third-order valence-electron chi connectivity index (χ3n) is 6.42. The minimum Gasteiger partial charge on any atom is -0.383 e. The third kappa shape index (κ3) is 4.21. The van der Waals surface area contributed by atoms with Gasteiger partial charge < -0.3 is 5.73 Å². The number of anilines is 2. The first-order valence-electron chi connectivity index (χ1n) is 11.2. The van der Waals surface area contributed by atoms with Crippen molar-refractivity contribution in [3.63, 3.8) is 0 Å². The normalized spacial score (nSPS) is 14.6. The van der Waals surface area contributed by atoms with Crippen molar-refractivity contribution in [2.24, 2.45) is 0 Å². The molecule has 0 radical (unpaired) electrons.